The molecule has 0 aromatic heterocycles. The van der Waals surface area contributed by atoms with E-state index >= 15 is 0 Å². The van der Waals surface area contributed by atoms with Crippen LogP contribution in [0.1, 0.15) is 84.5 Å². The zero-order chi connectivity index (χ0) is 14.7. The van der Waals surface area contributed by atoms with Crippen molar-refractivity contribution in [3.8, 4) is 0 Å². The lowest BCUT2D eigenvalue weighted by atomic mass is 9.39. The van der Waals surface area contributed by atoms with Gasteiger partial charge in [0, 0.05) is 0 Å². The van der Waals surface area contributed by atoms with E-state index in [1.165, 1.54) is 63.4 Å². The molecule has 1 nitrogen and oxygen atoms in total. The molecule has 0 aromatic carbocycles. The van der Waals surface area contributed by atoms with Crippen molar-refractivity contribution in [2.45, 2.75) is 90.6 Å². The van der Waals surface area contributed by atoms with Crippen molar-refractivity contribution >= 4 is 0 Å². The molecule has 0 amide bonds. The van der Waals surface area contributed by atoms with Gasteiger partial charge >= 0.3 is 0 Å². The minimum atomic E-state index is -0.145. The van der Waals surface area contributed by atoms with Crippen molar-refractivity contribution < 1.29 is 5.11 Å². The Kier molecular flexibility index (Phi) is 3.13. The number of aliphatic hydroxyl groups is 1. The summed E-state index contributed by atoms with van der Waals surface area (Å²) in [7, 11) is 0. The van der Waals surface area contributed by atoms with Gasteiger partial charge in [0.25, 0.3) is 0 Å². The molecule has 0 heterocycles. The number of hydrogen-bond donors (Lipinski definition) is 1. The molecule has 4 saturated carbocycles. The summed E-state index contributed by atoms with van der Waals surface area (Å²) < 4.78 is 0. The van der Waals surface area contributed by atoms with E-state index < -0.39 is 0 Å². The Morgan fingerprint density at radius 3 is 2.38 bits per heavy atom. The van der Waals surface area contributed by atoms with Crippen LogP contribution in [0, 0.1) is 22.2 Å². The molecule has 3 atom stereocenters. The summed E-state index contributed by atoms with van der Waals surface area (Å²) in [5, 5.41) is 10.8. The molecule has 5 rings (SSSR count). The summed E-state index contributed by atoms with van der Waals surface area (Å²) in [4.78, 5) is 0. The summed E-state index contributed by atoms with van der Waals surface area (Å²) in [5.41, 5.74) is 2.98. The van der Waals surface area contributed by atoms with E-state index in [1.807, 2.05) is 0 Å². The average molecular weight is 288 g/mol. The fraction of sp³-hybridized carbons (Fsp3) is 0.900. The Labute approximate surface area is 130 Å². The standard InChI is InChI=1S/C20H32O/c1-18-8-15-9-19(2,12-18)14-20(10-15,13-18)11-17(21)16-6-4-3-5-7-16/h6,15,17,21H,3-5,7-14H2,1-2H3. The minimum absolute atomic E-state index is 0.145. The van der Waals surface area contributed by atoms with Crippen LogP contribution in [-0.2, 0) is 0 Å². The van der Waals surface area contributed by atoms with Crippen LogP contribution in [0.2, 0.25) is 0 Å². The van der Waals surface area contributed by atoms with Gasteiger partial charge in [-0.15, -0.1) is 0 Å². The van der Waals surface area contributed by atoms with E-state index in [-0.39, 0.29) is 6.10 Å². The molecule has 0 aromatic rings. The van der Waals surface area contributed by atoms with Gasteiger partial charge in [0.2, 0.25) is 0 Å². The third kappa shape index (κ3) is 2.50. The highest BCUT2D eigenvalue weighted by atomic mass is 16.3. The first-order chi connectivity index (χ1) is 9.90. The van der Waals surface area contributed by atoms with Crippen LogP contribution in [0.3, 0.4) is 0 Å². The second-order valence-corrected chi connectivity index (χ2v) is 9.87. The fourth-order valence-corrected chi connectivity index (χ4v) is 7.62. The normalized spacial score (nSPS) is 50.0. The number of hydrogen-bond acceptors (Lipinski definition) is 1. The van der Waals surface area contributed by atoms with Crippen LogP contribution in [0.5, 0.6) is 0 Å². The maximum Gasteiger partial charge on any atom is 0.0755 e. The van der Waals surface area contributed by atoms with Gasteiger partial charge in [-0.3, -0.25) is 0 Å². The maximum atomic E-state index is 10.8. The molecule has 0 spiro atoms. The minimum Gasteiger partial charge on any atom is -0.389 e. The summed E-state index contributed by atoms with van der Waals surface area (Å²) in [6.45, 7) is 5.08. The molecule has 118 valence electrons. The van der Waals surface area contributed by atoms with E-state index in [0.717, 1.165) is 18.8 Å². The van der Waals surface area contributed by atoms with Crippen LogP contribution >= 0.6 is 0 Å². The molecule has 1 N–H and O–H groups in total. The van der Waals surface area contributed by atoms with Crippen molar-refractivity contribution in [1.82, 2.24) is 0 Å². The largest absolute Gasteiger partial charge is 0.389 e. The van der Waals surface area contributed by atoms with Gasteiger partial charge in [0.15, 0.2) is 0 Å². The summed E-state index contributed by atoms with van der Waals surface area (Å²) in [6.07, 6.45) is 16.7. The molecular weight excluding hydrogens is 256 g/mol. The third-order valence-electron chi connectivity index (χ3n) is 7.12. The molecule has 1 heteroatoms. The van der Waals surface area contributed by atoms with Gasteiger partial charge in [-0.2, -0.15) is 0 Å². The predicted molar refractivity (Wildman–Crippen MR) is 87.0 cm³/mol. The van der Waals surface area contributed by atoms with Crippen LogP contribution in [0.15, 0.2) is 11.6 Å². The molecule has 0 radical (unpaired) electrons. The van der Waals surface area contributed by atoms with Gasteiger partial charge < -0.3 is 5.11 Å². The Morgan fingerprint density at radius 1 is 1.10 bits per heavy atom. The first-order valence-electron chi connectivity index (χ1n) is 9.27. The highest BCUT2D eigenvalue weighted by Crippen LogP contribution is 2.70. The number of rotatable bonds is 3. The molecule has 0 aliphatic heterocycles. The zero-order valence-electron chi connectivity index (χ0n) is 14.0. The monoisotopic (exact) mass is 288 g/mol. The summed E-state index contributed by atoms with van der Waals surface area (Å²) in [6, 6.07) is 0. The first-order valence-corrected chi connectivity index (χ1v) is 9.27. The van der Waals surface area contributed by atoms with Crippen molar-refractivity contribution in [2.24, 2.45) is 22.2 Å². The topological polar surface area (TPSA) is 20.2 Å². The van der Waals surface area contributed by atoms with E-state index in [4.69, 9.17) is 0 Å². The molecule has 3 unspecified atom stereocenters. The van der Waals surface area contributed by atoms with Gasteiger partial charge in [0.1, 0.15) is 0 Å². The maximum absolute atomic E-state index is 10.8. The van der Waals surface area contributed by atoms with Gasteiger partial charge in [-0.1, -0.05) is 19.9 Å². The van der Waals surface area contributed by atoms with E-state index in [2.05, 4.69) is 19.9 Å². The molecule has 4 fully saturated rings. The van der Waals surface area contributed by atoms with Crippen LogP contribution in [-0.4, -0.2) is 11.2 Å². The number of aliphatic hydroxyl groups excluding tert-OH is 1. The van der Waals surface area contributed by atoms with Gasteiger partial charge in [-0.25, -0.2) is 0 Å². The summed E-state index contributed by atoms with van der Waals surface area (Å²) in [5.74, 6) is 0.948. The molecule has 0 saturated heterocycles. The fourth-order valence-electron chi connectivity index (χ4n) is 7.62. The Hall–Kier alpha value is -0.300. The van der Waals surface area contributed by atoms with Crippen LogP contribution in [0.25, 0.3) is 0 Å². The second-order valence-electron chi connectivity index (χ2n) is 9.87. The van der Waals surface area contributed by atoms with Crippen molar-refractivity contribution in [2.75, 3.05) is 0 Å². The van der Waals surface area contributed by atoms with Crippen molar-refractivity contribution in [3.63, 3.8) is 0 Å². The average Bonchev–Trinajstić information content (AvgIpc) is 2.34. The van der Waals surface area contributed by atoms with Crippen LogP contribution in [0.4, 0.5) is 0 Å². The smallest absolute Gasteiger partial charge is 0.0755 e. The Bertz CT molecular complexity index is 444. The summed E-state index contributed by atoms with van der Waals surface area (Å²) >= 11 is 0. The lowest BCUT2D eigenvalue weighted by Crippen LogP contribution is -2.55. The van der Waals surface area contributed by atoms with E-state index in [1.54, 1.807) is 0 Å². The van der Waals surface area contributed by atoms with Gasteiger partial charge in [0.05, 0.1) is 6.10 Å². The van der Waals surface area contributed by atoms with E-state index in [9.17, 15) is 5.11 Å². The zero-order valence-corrected chi connectivity index (χ0v) is 14.0. The highest BCUT2D eigenvalue weighted by molar-refractivity contribution is 5.15. The quantitative estimate of drug-likeness (QED) is 0.705. The lowest BCUT2D eigenvalue weighted by molar-refractivity contribution is -0.154. The third-order valence-corrected chi connectivity index (χ3v) is 7.12. The molecule has 5 aliphatic carbocycles. The van der Waals surface area contributed by atoms with Gasteiger partial charge in [-0.05, 0) is 98.4 Å². The second kappa shape index (κ2) is 4.60. The molecule has 4 bridgehead atoms. The molecule has 5 aliphatic rings. The van der Waals surface area contributed by atoms with Crippen molar-refractivity contribution in [3.05, 3.63) is 11.6 Å². The first kappa shape index (κ1) is 14.3. The Balaban J connectivity index is 1.55. The van der Waals surface area contributed by atoms with Crippen LogP contribution < -0.4 is 0 Å². The predicted octanol–water partition coefficient (Wildman–Crippen LogP) is 5.23. The molecular formula is C20H32O. The van der Waals surface area contributed by atoms with Crippen molar-refractivity contribution in [1.29, 1.82) is 0 Å². The SMILES string of the molecule is CC12CC3CC(C)(C1)CC(CC(O)C1=CCCCC1)(C3)C2. The number of allylic oxidation sites excluding steroid dienone is 1. The molecule has 21 heavy (non-hydrogen) atoms. The van der Waals surface area contributed by atoms with E-state index in [0.29, 0.717) is 16.2 Å². The Morgan fingerprint density at radius 2 is 1.81 bits per heavy atom. The lowest BCUT2D eigenvalue weighted by Gasteiger charge is -2.66. The highest BCUT2D eigenvalue weighted by Gasteiger charge is 2.60.